The van der Waals surface area contributed by atoms with Gasteiger partial charge in [-0.05, 0) is 13.3 Å². The number of amides is 1. The minimum Gasteiger partial charge on any atom is -0.347 e. The first-order valence-corrected chi connectivity index (χ1v) is 5.79. The molecule has 2 aromatic heterocycles. The predicted molar refractivity (Wildman–Crippen MR) is 65.9 cm³/mol. The number of carbonyl (C=O) groups excluding carboxylic acids is 1. The Labute approximate surface area is 105 Å². The third-order valence-corrected chi connectivity index (χ3v) is 2.58. The molecular weight excluding hydrogens is 230 g/mol. The molecule has 1 unspecified atom stereocenters. The number of nitrogens with one attached hydrogen (secondary N) is 2. The number of rotatable bonds is 4. The molecule has 2 heterocycles. The molecule has 0 saturated carbocycles. The van der Waals surface area contributed by atoms with Gasteiger partial charge in [0.05, 0.1) is 17.9 Å². The lowest BCUT2D eigenvalue weighted by molar-refractivity contribution is 0.0928. The molecule has 0 aliphatic heterocycles. The van der Waals surface area contributed by atoms with Gasteiger partial charge in [-0.2, -0.15) is 0 Å². The highest BCUT2D eigenvalue weighted by atomic mass is 16.1. The fraction of sp³-hybridized carbons (Fsp3) is 0.333. The summed E-state index contributed by atoms with van der Waals surface area (Å²) in [5.74, 6) is 0.497. The van der Waals surface area contributed by atoms with Crippen molar-refractivity contribution in [2.24, 2.45) is 0 Å². The van der Waals surface area contributed by atoms with Crippen LogP contribution in [0, 0.1) is 6.92 Å². The van der Waals surface area contributed by atoms with Gasteiger partial charge >= 0.3 is 0 Å². The van der Waals surface area contributed by atoms with Gasteiger partial charge in [-0.15, -0.1) is 0 Å². The molecule has 2 rings (SSSR count). The number of aromatic nitrogens is 4. The molecule has 1 amide bonds. The lowest BCUT2D eigenvalue weighted by Crippen LogP contribution is -2.29. The molecule has 0 radical (unpaired) electrons. The molecule has 2 aromatic rings. The smallest absolute Gasteiger partial charge is 0.272 e. The van der Waals surface area contributed by atoms with Crippen LogP contribution in [0.15, 0.2) is 24.8 Å². The Morgan fingerprint density at radius 1 is 1.39 bits per heavy atom. The topological polar surface area (TPSA) is 83.6 Å². The number of nitrogens with zero attached hydrogens (tertiary/aromatic N) is 3. The van der Waals surface area contributed by atoms with Gasteiger partial charge in [0.25, 0.3) is 5.91 Å². The molecule has 0 spiro atoms. The number of aromatic amines is 1. The van der Waals surface area contributed by atoms with Gasteiger partial charge in [-0.3, -0.25) is 9.78 Å². The van der Waals surface area contributed by atoms with E-state index in [-0.39, 0.29) is 11.9 Å². The van der Waals surface area contributed by atoms with Crippen LogP contribution in [0.1, 0.15) is 41.4 Å². The molecule has 0 fully saturated rings. The van der Waals surface area contributed by atoms with E-state index in [1.807, 2.05) is 13.8 Å². The van der Waals surface area contributed by atoms with Crippen LogP contribution in [-0.2, 0) is 0 Å². The molecule has 94 valence electrons. The maximum absolute atomic E-state index is 12.0. The molecule has 6 nitrogen and oxygen atoms in total. The number of carbonyl (C=O) groups is 1. The molecule has 0 aliphatic carbocycles. The van der Waals surface area contributed by atoms with Crippen LogP contribution < -0.4 is 5.32 Å². The summed E-state index contributed by atoms with van der Waals surface area (Å²) in [5, 5.41) is 2.87. The van der Waals surface area contributed by atoms with Crippen molar-refractivity contribution in [3.05, 3.63) is 42.0 Å². The summed E-state index contributed by atoms with van der Waals surface area (Å²) in [4.78, 5) is 27.2. The maximum Gasteiger partial charge on any atom is 0.272 e. The molecule has 0 bridgehead atoms. The first-order chi connectivity index (χ1) is 8.70. The van der Waals surface area contributed by atoms with Crippen molar-refractivity contribution in [2.45, 2.75) is 26.3 Å². The van der Waals surface area contributed by atoms with E-state index in [2.05, 4.69) is 25.3 Å². The second-order valence-electron chi connectivity index (χ2n) is 3.95. The van der Waals surface area contributed by atoms with Gasteiger partial charge in [0.1, 0.15) is 11.5 Å². The molecule has 0 saturated heterocycles. The molecular formula is C12H15N5O. The fourth-order valence-corrected chi connectivity index (χ4v) is 1.57. The first-order valence-electron chi connectivity index (χ1n) is 5.79. The van der Waals surface area contributed by atoms with Gasteiger partial charge in [-0.1, -0.05) is 6.92 Å². The summed E-state index contributed by atoms with van der Waals surface area (Å²) in [6, 6.07) is -0.143. The fourth-order valence-electron chi connectivity index (χ4n) is 1.57. The number of imidazole rings is 1. The van der Waals surface area contributed by atoms with Gasteiger partial charge in [0, 0.05) is 18.6 Å². The second kappa shape index (κ2) is 5.39. The Morgan fingerprint density at radius 2 is 2.22 bits per heavy atom. The van der Waals surface area contributed by atoms with Gasteiger partial charge in [-0.25, -0.2) is 9.97 Å². The molecule has 2 N–H and O–H groups in total. The zero-order chi connectivity index (χ0) is 13.0. The average molecular weight is 245 g/mol. The van der Waals surface area contributed by atoms with Crippen molar-refractivity contribution in [3.63, 3.8) is 0 Å². The average Bonchev–Trinajstić information content (AvgIpc) is 2.90. The quantitative estimate of drug-likeness (QED) is 0.852. The minimum atomic E-state index is -0.245. The predicted octanol–water partition coefficient (Wildman–Crippen LogP) is 1.39. The third-order valence-electron chi connectivity index (χ3n) is 2.58. The molecule has 6 heteroatoms. The molecule has 0 aliphatic rings. The van der Waals surface area contributed by atoms with Crippen molar-refractivity contribution in [1.29, 1.82) is 0 Å². The third kappa shape index (κ3) is 2.71. The van der Waals surface area contributed by atoms with Crippen molar-refractivity contribution in [2.75, 3.05) is 0 Å². The van der Waals surface area contributed by atoms with Gasteiger partial charge < -0.3 is 10.3 Å². The summed E-state index contributed by atoms with van der Waals surface area (Å²) in [6.45, 7) is 3.81. The highest BCUT2D eigenvalue weighted by Crippen LogP contribution is 2.11. The van der Waals surface area contributed by atoms with Crippen LogP contribution in [0.4, 0.5) is 0 Å². The summed E-state index contributed by atoms with van der Waals surface area (Å²) in [5.41, 5.74) is 1.09. The van der Waals surface area contributed by atoms with Gasteiger partial charge in [0.15, 0.2) is 0 Å². The molecule has 1 atom stereocenters. The summed E-state index contributed by atoms with van der Waals surface area (Å²) in [7, 11) is 0. The molecule has 18 heavy (non-hydrogen) atoms. The van der Waals surface area contributed by atoms with Crippen LogP contribution in [0.2, 0.25) is 0 Å². The van der Waals surface area contributed by atoms with Crippen molar-refractivity contribution < 1.29 is 4.79 Å². The van der Waals surface area contributed by atoms with Crippen LogP contribution in [0.5, 0.6) is 0 Å². The zero-order valence-corrected chi connectivity index (χ0v) is 10.3. The number of hydrogen-bond donors (Lipinski definition) is 2. The zero-order valence-electron chi connectivity index (χ0n) is 10.3. The summed E-state index contributed by atoms with van der Waals surface area (Å²) in [6.07, 6.45) is 7.19. The Bertz CT molecular complexity index is 506. The second-order valence-corrected chi connectivity index (χ2v) is 3.95. The highest BCUT2D eigenvalue weighted by molar-refractivity contribution is 5.92. The van der Waals surface area contributed by atoms with Crippen LogP contribution in [-0.4, -0.2) is 25.8 Å². The van der Waals surface area contributed by atoms with E-state index in [0.717, 1.165) is 17.9 Å². The Morgan fingerprint density at radius 3 is 2.78 bits per heavy atom. The van der Waals surface area contributed by atoms with E-state index < -0.39 is 0 Å². The number of aryl methyl sites for hydroxylation is 1. The highest BCUT2D eigenvalue weighted by Gasteiger charge is 2.16. The van der Waals surface area contributed by atoms with Crippen LogP contribution >= 0.6 is 0 Å². The van der Waals surface area contributed by atoms with E-state index in [1.165, 1.54) is 6.20 Å². The van der Waals surface area contributed by atoms with E-state index in [4.69, 9.17) is 0 Å². The number of H-pyrrole nitrogens is 1. The Hall–Kier alpha value is -2.24. The summed E-state index contributed by atoms with van der Waals surface area (Å²) >= 11 is 0. The first kappa shape index (κ1) is 12.2. The SMILES string of the molecule is CCC(NC(=O)c1cnc(C)cn1)c1ncc[nH]1. The van der Waals surface area contributed by atoms with Crippen LogP contribution in [0.25, 0.3) is 0 Å². The number of hydrogen-bond acceptors (Lipinski definition) is 4. The normalized spacial score (nSPS) is 12.1. The van der Waals surface area contributed by atoms with Crippen molar-refractivity contribution >= 4 is 5.91 Å². The standard InChI is InChI=1S/C12H15N5O/c1-3-9(11-13-4-5-14-11)17-12(18)10-7-15-8(2)6-16-10/h4-7,9H,3H2,1-2H3,(H,13,14)(H,17,18). The largest absolute Gasteiger partial charge is 0.347 e. The monoisotopic (exact) mass is 245 g/mol. The van der Waals surface area contributed by atoms with E-state index >= 15 is 0 Å². The van der Waals surface area contributed by atoms with E-state index in [9.17, 15) is 4.79 Å². The minimum absolute atomic E-state index is 0.143. The lowest BCUT2D eigenvalue weighted by atomic mass is 10.2. The van der Waals surface area contributed by atoms with Crippen molar-refractivity contribution in [3.8, 4) is 0 Å². The van der Waals surface area contributed by atoms with E-state index in [1.54, 1.807) is 18.6 Å². The van der Waals surface area contributed by atoms with Crippen molar-refractivity contribution in [1.82, 2.24) is 25.3 Å². The molecule has 0 aromatic carbocycles. The van der Waals surface area contributed by atoms with Gasteiger partial charge in [0.2, 0.25) is 0 Å². The van der Waals surface area contributed by atoms with E-state index in [0.29, 0.717) is 5.69 Å². The van der Waals surface area contributed by atoms with Crippen LogP contribution in [0.3, 0.4) is 0 Å². The maximum atomic E-state index is 12.0. The lowest BCUT2D eigenvalue weighted by Gasteiger charge is -2.14. The Kier molecular flexibility index (Phi) is 3.66. The Balaban J connectivity index is 2.08. The summed E-state index contributed by atoms with van der Waals surface area (Å²) < 4.78 is 0.